The van der Waals surface area contributed by atoms with Gasteiger partial charge in [0.1, 0.15) is 6.10 Å². The second-order valence-corrected chi connectivity index (χ2v) is 8.36. The van der Waals surface area contributed by atoms with Gasteiger partial charge in [-0.2, -0.15) is 0 Å². The van der Waals surface area contributed by atoms with Crippen LogP contribution in [0.5, 0.6) is 0 Å². The van der Waals surface area contributed by atoms with Crippen molar-refractivity contribution in [2.45, 2.75) is 25.0 Å². The minimum atomic E-state index is -0.995. The monoisotopic (exact) mass is 461 g/mol. The van der Waals surface area contributed by atoms with E-state index < -0.39 is 5.79 Å². The molecule has 0 saturated carbocycles. The van der Waals surface area contributed by atoms with Crippen LogP contribution in [0.3, 0.4) is 0 Å². The molecule has 6 nitrogen and oxygen atoms in total. The van der Waals surface area contributed by atoms with Gasteiger partial charge < -0.3 is 18.8 Å². The third-order valence-corrected chi connectivity index (χ3v) is 6.02. The van der Waals surface area contributed by atoms with E-state index >= 15 is 0 Å². The summed E-state index contributed by atoms with van der Waals surface area (Å²) in [6.07, 6.45) is 8.76. The summed E-state index contributed by atoms with van der Waals surface area (Å²) >= 11 is 6.50. The molecule has 3 heterocycles. The zero-order valence-corrected chi connectivity index (χ0v) is 18.8. The largest absolute Gasteiger partial charge is 0.369 e. The first-order chi connectivity index (χ1) is 16.2. The molecule has 0 amide bonds. The average molecular weight is 462 g/mol. The molecular formula is C26H24ClN3O3. The minimum absolute atomic E-state index is 0.178. The summed E-state index contributed by atoms with van der Waals surface area (Å²) in [5.74, 6) is -0.995. The standard InChI is InChI=1S/C26H24ClN3O3/c27-25-4-2-1-3-24(25)26(18-30-14-13-29-19-30)32-16-23(17-33-26)31-15-20-5-7-21(8-6-20)22-9-11-28-12-10-22/h1-14,19,23H,15-18H2/t23-,26-. The molecule has 5 rings (SSSR count). The van der Waals surface area contributed by atoms with Crippen LogP contribution in [0.2, 0.25) is 5.02 Å². The lowest BCUT2D eigenvalue weighted by molar-refractivity contribution is -0.313. The second kappa shape index (κ2) is 9.85. The van der Waals surface area contributed by atoms with Crippen LogP contribution >= 0.6 is 11.6 Å². The number of hydrogen-bond donors (Lipinski definition) is 0. The number of nitrogens with zero attached hydrogens (tertiary/aromatic N) is 3. The van der Waals surface area contributed by atoms with E-state index in [1.165, 1.54) is 0 Å². The van der Waals surface area contributed by atoms with Gasteiger partial charge in [0, 0.05) is 35.4 Å². The molecule has 0 spiro atoms. The number of halogens is 1. The predicted molar refractivity (Wildman–Crippen MR) is 126 cm³/mol. The molecule has 0 bridgehead atoms. The highest BCUT2D eigenvalue weighted by molar-refractivity contribution is 6.31. The van der Waals surface area contributed by atoms with Crippen molar-refractivity contribution in [3.8, 4) is 11.1 Å². The summed E-state index contributed by atoms with van der Waals surface area (Å²) in [5, 5.41) is 0.603. The molecule has 1 fully saturated rings. The Balaban J connectivity index is 1.23. The lowest BCUT2D eigenvalue weighted by atomic mass is 10.0. The molecule has 2 aromatic heterocycles. The van der Waals surface area contributed by atoms with E-state index in [4.69, 9.17) is 25.8 Å². The molecule has 1 saturated heterocycles. The van der Waals surface area contributed by atoms with Gasteiger partial charge in [-0.25, -0.2) is 4.98 Å². The Morgan fingerprint density at radius 3 is 2.33 bits per heavy atom. The highest BCUT2D eigenvalue weighted by Crippen LogP contribution is 2.37. The van der Waals surface area contributed by atoms with Gasteiger partial charge in [0.2, 0.25) is 5.79 Å². The Morgan fingerprint density at radius 2 is 1.64 bits per heavy atom. The van der Waals surface area contributed by atoms with Crippen molar-refractivity contribution in [3.63, 3.8) is 0 Å². The number of aromatic nitrogens is 3. The molecule has 33 heavy (non-hydrogen) atoms. The van der Waals surface area contributed by atoms with Crippen LogP contribution in [0.25, 0.3) is 11.1 Å². The quantitative estimate of drug-likeness (QED) is 0.384. The van der Waals surface area contributed by atoms with Gasteiger partial charge in [0.15, 0.2) is 0 Å². The van der Waals surface area contributed by atoms with Crippen molar-refractivity contribution in [1.82, 2.24) is 14.5 Å². The molecule has 0 aliphatic carbocycles. The van der Waals surface area contributed by atoms with Crippen LogP contribution in [0.1, 0.15) is 11.1 Å². The number of rotatable bonds is 7. The molecule has 2 aromatic carbocycles. The molecule has 4 aromatic rings. The van der Waals surface area contributed by atoms with Crippen LogP contribution in [0, 0.1) is 0 Å². The maximum atomic E-state index is 6.50. The lowest BCUT2D eigenvalue weighted by Crippen LogP contribution is -2.47. The molecule has 0 radical (unpaired) electrons. The smallest absolute Gasteiger partial charge is 0.215 e. The Morgan fingerprint density at radius 1 is 0.909 bits per heavy atom. The first kappa shape index (κ1) is 21.8. The second-order valence-electron chi connectivity index (χ2n) is 7.96. The molecule has 0 unspecified atom stereocenters. The van der Waals surface area contributed by atoms with Gasteiger partial charge in [-0.3, -0.25) is 4.98 Å². The zero-order valence-electron chi connectivity index (χ0n) is 18.0. The van der Waals surface area contributed by atoms with Crippen LogP contribution in [-0.2, 0) is 33.1 Å². The predicted octanol–water partition coefficient (Wildman–Crippen LogP) is 5.08. The lowest BCUT2D eigenvalue weighted by Gasteiger charge is -2.40. The maximum Gasteiger partial charge on any atom is 0.215 e. The van der Waals surface area contributed by atoms with Gasteiger partial charge in [-0.1, -0.05) is 54.1 Å². The molecule has 0 N–H and O–H groups in total. The van der Waals surface area contributed by atoms with Crippen molar-refractivity contribution in [3.05, 3.63) is 108 Å². The number of benzene rings is 2. The third kappa shape index (κ3) is 4.99. The Bertz CT molecular complexity index is 1160. The molecule has 168 valence electrons. The number of ether oxygens (including phenoxy) is 3. The molecule has 0 atom stereocenters. The first-order valence-electron chi connectivity index (χ1n) is 10.8. The van der Waals surface area contributed by atoms with E-state index in [-0.39, 0.29) is 6.10 Å². The van der Waals surface area contributed by atoms with Gasteiger partial charge in [0.05, 0.1) is 32.7 Å². The molecule has 7 heteroatoms. The summed E-state index contributed by atoms with van der Waals surface area (Å²) in [5.41, 5.74) is 4.18. The highest BCUT2D eigenvalue weighted by atomic mass is 35.5. The van der Waals surface area contributed by atoms with Crippen LogP contribution in [0.4, 0.5) is 0 Å². The van der Waals surface area contributed by atoms with E-state index in [0.29, 0.717) is 31.4 Å². The summed E-state index contributed by atoms with van der Waals surface area (Å²) in [6, 6.07) is 19.9. The maximum absolute atomic E-state index is 6.50. The van der Waals surface area contributed by atoms with Crippen molar-refractivity contribution >= 4 is 11.6 Å². The average Bonchev–Trinajstić information content (AvgIpc) is 3.38. The fourth-order valence-electron chi connectivity index (χ4n) is 3.92. The fraction of sp³-hybridized carbons (Fsp3) is 0.231. The van der Waals surface area contributed by atoms with E-state index in [1.54, 1.807) is 24.9 Å². The summed E-state index contributed by atoms with van der Waals surface area (Å²) < 4.78 is 20.6. The molecular weight excluding hydrogens is 438 g/mol. The van der Waals surface area contributed by atoms with Crippen LogP contribution in [-0.4, -0.2) is 33.9 Å². The van der Waals surface area contributed by atoms with Gasteiger partial charge in [0.25, 0.3) is 0 Å². The Labute approximate surface area is 197 Å². The Hall–Kier alpha value is -3.03. The molecule has 1 aliphatic heterocycles. The summed E-state index contributed by atoms with van der Waals surface area (Å²) in [4.78, 5) is 8.20. The number of hydrogen-bond acceptors (Lipinski definition) is 5. The highest BCUT2D eigenvalue weighted by Gasteiger charge is 2.41. The van der Waals surface area contributed by atoms with Gasteiger partial charge in [-0.05, 0) is 34.9 Å². The SMILES string of the molecule is Clc1ccccc1[C@]1(Cn2ccnc2)OC[C@@H](OCc2ccc(-c3ccncc3)cc2)CO1. The Kier molecular flexibility index (Phi) is 6.51. The third-order valence-electron chi connectivity index (χ3n) is 5.69. The van der Waals surface area contributed by atoms with Crippen molar-refractivity contribution < 1.29 is 14.2 Å². The number of imidazole rings is 1. The fourth-order valence-corrected chi connectivity index (χ4v) is 4.20. The molecule has 1 aliphatic rings. The van der Waals surface area contributed by atoms with Gasteiger partial charge in [-0.15, -0.1) is 0 Å². The number of pyridine rings is 1. The zero-order chi connectivity index (χ0) is 22.5. The summed E-state index contributed by atoms with van der Waals surface area (Å²) in [7, 11) is 0. The van der Waals surface area contributed by atoms with E-state index in [2.05, 4.69) is 34.2 Å². The first-order valence-corrected chi connectivity index (χ1v) is 11.2. The van der Waals surface area contributed by atoms with Crippen molar-refractivity contribution in [2.24, 2.45) is 0 Å². The van der Waals surface area contributed by atoms with Crippen molar-refractivity contribution in [1.29, 1.82) is 0 Å². The minimum Gasteiger partial charge on any atom is -0.369 e. The van der Waals surface area contributed by atoms with E-state index in [0.717, 1.165) is 22.3 Å². The van der Waals surface area contributed by atoms with E-state index in [1.807, 2.05) is 47.2 Å². The normalized spacial score (nSPS) is 20.6. The summed E-state index contributed by atoms with van der Waals surface area (Å²) in [6.45, 7) is 1.72. The van der Waals surface area contributed by atoms with Gasteiger partial charge >= 0.3 is 0 Å². The topological polar surface area (TPSA) is 58.4 Å². The van der Waals surface area contributed by atoms with Crippen molar-refractivity contribution in [2.75, 3.05) is 13.2 Å². The van der Waals surface area contributed by atoms with Crippen LogP contribution in [0.15, 0.2) is 91.8 Å². The van der Waals surface area contributed by atoms with Crippen LogP contribution < -0.4 is 0 Å². The van der Waals surface area contributed by atoms with E-state index in [9.17, 15) is 0 Å².